The summed E-state index contributed by atoms with van der Waals surface area (Å²) in [6.45, 7) is 8.24. The third kappa shape index (κ3) is 3.95. The maximum atomic E-state index is 4.89. The Labute approximate surface area is 134 Å². The van der Waals surface area contributed by atoms with Crippen molar-refractivity contribution < 1.29 is 0 Å². The molecule has 0 radical (unpaired) electrons. The molecule has 1 spiro atoms. The van der Waals surface area contributed by atoms with Gasteiger partial charge in [-0.1, -0.05) is 25.1 Å². The van der Waals surface area contributed by atoms with Gasteiger partial charge in [-0.2, -0.15) is 0 Å². The van der Waals surface area contributed by atoms with Crippen molar-refractivity contribution in [2.75, 3.05) is 25.4 Å². The minimum Gasteiger partial charge on any atom is -0.359 e. The zero-order valence-electron chi connectivity index (χ0n) is 13.7. The number of hydrogen-bond donors (Lipinski definition) is 1. The minimum absolute atomic E-state index is 0.379. The second-order valence-corrected chi connectivity index (χ2v) is 8.43. The molecule has 1 N–H and O–H groups in total. The standard InChI is InChI=1S/C17H31N3S/c1-14-6-8-17(9-7-14)13-21-16(19-17)18-12-15(2)20-10-4-3-5-11-20/h14-15H,3-13H2,1-2H3,(H,18,19). The monoisotopic (exact) mass is 309 g/mol. The SMILES string of the molecule is CC1CCC2(CC1)CSC(=NCC(C)N1CCCCC1)N2. The van der Waals surface area contributed by atoms with Gasteiger partial charge in [-0.05, 0) is 64.5 Å². The summed E-state index contributed by atoms with van der Waals surface area (Å²) in [6, 6.07) is 0.600. The number of hydrogen-bond acceptors (Lipinski definition) is 3. The molecule has 2 saturated heterocycles. The van der Waals surface area contributed by atoms with Gasteiger partial charge in [0.05, 0.1) is 6.54 Å². The molecule has 0 aromatic rings. The molecule has 3 nitrogen and oxygen atoms in total. The Bertz CT molecular complexity index is 368. The van der Waals surface area contributed by atoms with E-state index < -0.39 is 0 Å². The van der Waals surface area contributed by atoms with E-state index in [1.165, 1.54) is 69.0 Å². The van der Waals surface area contributed by atoms with Crippen LogP contribution in [0.2, 0.25) is 0 Å². The molecule has 1 aliphatic carbocycles. The molecule has 3 fully saturated rings. The molecular formula is C17H31N3S. The van der Waals surface area contributed by atoms with Crippen molar-refractivity contribution in [3.63, 3.8) is 0 Å². The Balaban J connectivity index is 1.49. The van der Waals surface area contributed by atoms with Crippen molar-refractivity contribution in [2.45, 2.75) is 70.4 Å². The number of rotatable bonds is 3. The number of piperidine rings is 1. The zero-order valence-corrected chi connectivity index (χ0v) is 14.6. The van der Waals surface area contributed by atoms with Gasteiger partial charge >= 0.3 is 0 Å². The highest BCUT2D eigenvalue weighted by molar-refractivity contribution is 8.14. The summed E-state index contributed by atoms with van der Waals surface area (Å²) >= 11 is 1.96. The van der Waals surface area contributed by atoms with Gasteiger partial charge in [0.2, 0.25) is 0 Å². The molecule has 1 unspecified atom stereocenters. The molecule has 4 heteroatoms. The van der Waals surface area contributed by atoms with Crippen molar-refractivity contribution in [2.24, 2.45) is 10.9 Å². The van der Waals surface area contributed by atoms with Crippen LogP contribution in [-0.2, 0) is 0 Å². The summed E-state index contributed by atoms with van der Waals surface area (Å²) in [4.78, 5) is 7.51. The normalized spacial score (nSPS) is 37.8. The van der Waals surface area contributed by atoms with E-state index in [9.17, 15) is 0 Å². The van der Waals surface area contributed by atoms with Crippen molar-refractivity contribution >= 4 is 16.9 Å². The van der Waals surface area contributed by atoms with Crippen LogP contribution in [0.5, 0.6) is 0 Å². The first-order chi connectivity index (χ1) is 10.2. The van der Waals surface area contributed by atoms with Crippen LogP contribution in [0.3, 0.4) is 0 Å². The van der Waals surface area contributed by atoms with E-state index in [2.05, 4.69) is 24.1 Å². The average molecular weight is 310 g/mol. The van der Waals surface area contributed by atoms with E-state index in [0.717, 1.165) is 12.5 Å². The van der Waals surface area contributed by atoms with Crippen molar-refractivity contribution in [1.29, 1.82) is 0 Å². The maximum Gasteiger partial charge on any atom is 0.157 e. The smallest absolute Gasteiger partial charge is 0.157 e. The molecule has 3 rings (SSSR count). The molecule has 0 bridgehead atoms. The molecule has 0 aromatic heterocycles. The molecule has 21 heavy (non-hydrogen) atoms. The van der Waals surface area contributed by atoms with Crippen LogP contribution in [0.25, 0.3) is 0 Å². The lowest BCUT2D eigenvalue weighted by atomic mass is 9.78. The fourth-order valence-corrected chi connectivity index (χ4v) is 5.09. The summed E-state index contributed by atoms with van der Waals surface area (Å²) in [5.41, 5.74) is 0.379. The third-order valence-corrected chi connectivity index (χ3v) is 6.80. The average Bonchev–Trinajstić information content (AvgIpc) is 2.92. The van der Waals surface area contributed by atoms with E-state index in [1.54, 1.807) is 0 Å². The first kappa shape index (κ1) is 15.7. The first-order valence-corrected chi connectivity index (χ1v) is 9.85. The fraction of sp³-hybridized carbons (Fsp3) is 0.941. The number of thioether (sulfide) groups is 1. The second kappa shape index (κ2) is 6.91. The highest BCUT2D eigenvalue weighted by Gasteiger charge is 2.39. The topological polar surface area (TPSA) is 27.6 Å². The van der Waals surface area contributed by atoms with Crippen LogP contribution in [0.15, 0.2) is 4.99 Å². The van der Waals surface area contributed by atoms with Gasteiger partial charge in [0.1, 0.15) is 0 Å². The molecule has 1 saturated carbocycles. The summed E-state index contributed by atoms with van der Waals surface area (Å²) in [5.74, 6) is 2.15. The molecule has 0 amide bonds. The van der Waals surface area contributed by atoms with E-state index in [1.807, 2.05) is 11.8 Å². The van der Waals surface area contributed by atoms with Gasteiger partial charge in [-0.15, -0.1) is 0 Å². The molecular weight excluding hydrogens is 278 g/mol. The maximum absolute atomic E-state index is 4.89. The summed E-state index contributed by atoms with van der Waals surface area (Å²) in [6.07, 6.45) is 9.58. The zero-order chi connectivity index (χ0) is 14.7. The van der Waals surface area contributed by atoms with Crippen LogP contribution in [0.4, 0.5) is 0 Å². The number of nitrogens with zero attached hydrogens (tertiary/aromatic N) is 2. The lowest BCUT2D eigenvalue weighted by Crippen LogP contribution is -2.46. The number of amidine groups is 1. The Morgan fingerprint density at radius 3 is 2.71 bits per heavy atom. The summed E-state index contributed by atoms with van der Waals surface area (Å²) in [7, 11) is 0. The Morgan fingerprint density at radius 1 is 1.29 bits per heavy atom. The third-order valence-electron chi connectivity index (χ3n) is 5.60. The largest absolute Gasteiger partial charge is 0.359 e. The Morgan fingerprint density at radius 2 is 2.00 bits per heavy atom. The van der Waals surface area contributed by atoms with Gasteiger partial charge in [0.15, 0.2) is 5.17 Å². The molecule has 1 atom stereocenters. The van der Waals surface area contributed by atoms with Gasteiger partial charge in [0.25, 0.3) is 0 Å². The second-order valence-electron chi connectivity index (χ2n) is 7.47. The lowest BCUT2D eigenvalue weighted by molar-refractivity contribution is 0.178. The van der Waals surface area contributed by atoms with E-state index in [0.29, 0.717) is 11.6 Å². The van der Waals surface area contributed by atoms with Crippen molar-refractivity contribution in [3.8, 4) is 0 Å². The van der Waals surface area contributed by atoms with Gasteiger partial charge in [-0.25, -0.2) is 0 Å². The first-order valence-electron chi connectivity index (χ1n) is 8.86. The fourth-order valence-electron chi connectivity index (χ4n) is 3.86. The lowest BCUT2D eigenvalue weighted by Gasteiger charge is -2.35. The van der Waals surface area contributed by atoms with Gasteiger partial charge in [-0.3, -0.25) is 9.89 Å². The van der Waals surface area contributed by atoms with Crippen LogP contribution in [0.1, 0.15) is 58.8 Å². The van der Waals surface area contributed by atoms with Crippen LogP contribution in [-0.4, -0.2) is 47.0 Å². The van der Waals surface area contributed by atoms with E-state index in [-0.39, 0.29) is 0 Å². The van der Waals surface area contributed by atoms with Crippen LogP contribution < -0.4 is 5.32 Å². The summed E-state index contributed by atoms with van der Waals surface area (Å²) < 4.78 is 0. The predicted octanol–water partition coefficient (Wildman–Crippen LogP) is 3.50. The van der Waals surface area contributed by atoms with Crippen LogP contribution >= 0.6 is 11.8 Å². The van der Waals surface area contributed by atoms with Crippen molar-refractivity contribution in [3.05, 3.63) is 0 Å². The number of aliphatic imine (C=N–C) groups is 1. The molecule has 2 aliphatic heterocycles. The van der Waals surface area contributed by atoms with Gasteiger partial charge in [0, 0.05) is 17.3 Å². The van der Waals surface area contributed by atoms with Crippen molar-refractivity contribution in [1.82, 2.24) is 10.2 Å². The van der Waals surface area contributed by atoms with E-state index in [4.69, 9.17) is 4.99 Å². The minimum atomic E-state index is 0.379. The quantitative estimate of drug-likeness (QED) is 0.864. The number of nitrogens with one attached hydrogen (secondary N) is 1. The Hall–Kier alpha value is -0.220. The highest BCUT2D eigenvalue weighted by Crippen LogP contribution is 2.38. The highest BCUT2D eigenvalue weighted by atomic mass is 32.2. The van der Waals surface area contributed by atoms with Crippen LogP contribution in [0, 0.1) is 5.92 Å². The Kier molecular flexibility index (Phi) is 5.15. The molecule has 0 aromatic carbocycles. The predicted molar refractivity (Wildman–Crippen MR) is 93.1 cm³/mol. The van der Waals surface area contributed by atoms with Gasteiger partial charge < -0.3 is 5.32 Å². The number of likely N-dealkylation sites (tertiary alicyclic amines) is 1. The van der Waals surface area contributed by atoms with E-state index >= 15 is 0 Å². The molecule has 3 aliphatic rings. The molecule has 2 heterocycles. The molecule has 120 valence electrons. The summed E-state index contributed by atoms with van der Waals surface area (Å²) in [5, 5.41) is 5.00.